The molecule has 3 amide bonds. The molecule has 1 aliphatic rings. The fraction of sp³-hybridized carbons (Fsp3) is 0.286. The maximum absolute atomic E-state index is 12.6. The van der Waals surface area contributed by atoms with Gasteiger partial charge in [0.25, 0.3) is 11.8 Å². The van der Waals surface area contributed by atoms with Gasteiger partial charge in [0.15, 0.2) is 0 Å². The Morgan fingerprint density at radius 3 is 2.44 bits per heavy atom. The van der Waals surface area contributed by atoms with E-state index in [1.807, 2.05) is 30.0 Å². The second-order valence-corrected chi connectivity index (χ2v) is 6.65. The summed E-state index contributed by atoms with van der Waals surface area (Å²) in [6.07, 6.45) is 1.52. The number of nitrogens with zero attached hydrogens (tertiary/aromatic N) is 1. The van der Waals surface area contributed by atoms with Gasteiger partial charge in [-0.25, -0.2) is 0 Å². The number of carbonyl (C=O) groups excluding carboxylic acids is 3. The van der Waals surface area contributed by atoms with Crippen LogP contribution in [0.3, 0.4) is 0 Å². The van der Waals surface area contributed by atoms with Crippen molar-refractivity contribution in [1.29, 1.82) is 0 Å². The van der Waals surface area contributed by atoms with Crippen LogP contribution in [0.15, 0.2) is 42.5 Å². The molecular weight excluding hydrogens is 342 g/mol. The summed E-state index contributed by atoms with van der Waals surface area (Å²) >= 11 is 0. The summed E-state index contributed by atoms with van der Waals surface area (Å²) in [5.41, 5.74) is 3.21. The van der Waals surface area contributed by atoms with E-state index in [1.54, 1.807) is 31.3 Å². The van der Waals surface area contributed by atoms with Crippen LogP contribution in [-0.2, 0) is 11.3 Å². The van der Waals surface area contributed by atoms with Crippen LogP contribution >= 0.6 is 0 Å². The number of hydrogen-bond donors (Lipinski definition) is 2. The van der Waals surface area contributed by atoms with Crippen molar-refractivity contribution in [3.8, 4) is 0 Å². The van der Waals surface area contributed by atoms with Crippen LogP contribution < -0.4 is 10.6 Å². The van der Waals surface area contributed by atoms with Crippen LogP contribution in [0, 0.1) is 6.92 Å². The van der Waals surface area contributed by atoms with Crippen molar-refractivity contribution < 1.29 is 14.4 Å². The van der Waals surface area contributed by atoms with E-state index in [9.17, 15) is 14.4 Å². The van der Waals surface area contributed by atoms with Crippen molar-refractivity contribution in [2.75, 3.05) is 18.9 Å². The highest BCUT2D eigenvalue weighted by Gasteiger charge is 2.20. The molecule has 0 bridgehead atoms. The number of amides is 3. The van der Waals surface area contributed by atoms with Gasteiger partial charge in [0.05, 0.1) is 11.3 Å². The molecule has 0 aromatic heterocycles. The van der Waals surface area contributed by atoms with E-state index in [0.717, 1.165) is 24.1 Å². The lowest BCUT2D eigenvalue weighted by molar-refractivity contribution is -0.128. The van der Waals surface area contributed by atoms with Gasteiger partial charge in [-0.05, 0) is 42.7 Å². The van der Waals surface area contributed by atoms with Crippen molar-refractivity contribution in [2.45, 2.75) is 26.3 Å². The van der Waals surface area contributed by atoms with Gasteiger partial charge in [0.2, 0.25) is 5.91 Å². The zero-order chi connectivity index (χ0) is 19.4. The summed E-state index contributed by atoms with van der Waals surface area (Å²) in [5, 5.41) is 5.42. The highest BCUT2D eigenvalue weighted by atomic mass is 16.2. The molecule has 0 aliphatic carbocycles. The molecule has 0 unspecified atom stereocenters. The van der Waals surface area contributed by atoms with Gasteiger partial charge in [-0.3, -0.25) is 14.4 Å². The molecule has 27 heavy (non-hydrogen) atoms. The number of likely N-dealkylation sites (tertiary alicyclic amines) is 1. The first-order valence-electron chi connectivity index (χ1n) is 8.99. The van der Waals surface area contributed by atoms with E-state index in [-0.39, 0.29) is 17.7 Å². The molecule has 2 N–H and O–H groups in total. The van der Waals surface area contributed by atoms with Crippen LogP contribution in [0.1, 0.15) is 44.7 Å². The van der Waals surface area contributed by atoms with Crippen LogP contribution in [0.25, 0.3) is 0 Å². The van der Waals surface area contributed by atoms with Crippen LogP contribution in [0.2, 0.25) is 0 Å². The first-order chi connectivity index (χ1) is 13.0. The second-order valence-electron chi connectivity index (χ2n) is 6.65. The molecule has 0 atom stereocenters. The van der Waals surface area contributed by atoms with Gasteiger partial charge in [-0.15, -0.1) is 0 Å². The number of anilines is 1. The molecule has 1 aliphatic heterocycles. The smallest absolute Gasteiger partial charge is 0.255 e. The molecule has 0 radical (unpaired) electrons. The van der Waals surface area contributed by atoms with Gasteiger partial charge in [0, 0.05) is 32.1 Å². The Balaban J connectivity index is 1.73. The number of carbonyl (C=O) groups is 3. The topological polar surface area (TPSA) is 78.5 Å². The van der Waals surface area contributed by atoms with Gasteiger partial charge >= 0.3 is 0 Å². The third-order valence-electron chi connectivity index (χ3n) is 4.74. The van der Waals surface area contributed by atoms with Crippen LogP contribution in [0.5, 0.6) is 0 Å². The van der Waals surface area contributed by atoms with E-state index in [0.29, 0.717) is 29.8 Å². The van der Waals surface area contributed by atoms with E-state index < -0.39 is 0 Å². The maximum Gasteiger partial charge on any atom is 0.255 e. The fourth-order valence-electron chi connectivity index (χ4n) is 3.25. The second kappa shape index (κ2) is 8.03. The molecule has 1 saturated heterocycles. The summed E-state index contributed by atoms with van der Waals surface area (Å²) in [4.78, 5) is 38.3. The molecule has 1 heterocycles. The van der Waals surface area contributed by atoms with Crippen LogP contribution in [-0.4, -0.2) is 36.2 Å². The highest BCUT2D eigenvalue weighted by molar-refractivity contribution is 6.09. The lowest BCUT2D eigenvalue weighted by atomic mass is 10.0. The monoisotopic (exact) mass is 365 g/mol. The molecule has 140 valence electrons. The van der Waals surface area contributed by atoms with E-state index >= 15 is 0 Å². The fourth-order valence-corrected chi connectivity index (χ4v) is 3.25. The van der Waals surface area contributed by atoms with Crippen LogP contribution in [0.4, 0.5) is 5.69 Å². The van der Waals surface area contributed by atoms with Crippen molar-refractivity contribution >= 4 is 23.4 Å². The molecule has 2 aromatic carbocycles. The summed E-state index contributed by atoms with van der Waals surface area (Å²) in [6.45, 7) is 3.19. The zero-order valence-corrected chi connectivity index (χ0v) is 15.5. The summed E-state index contributed by atoms with van der Waals surface area (Å²) < 4.78 is 0. The van der Waals surface area contributed by atoms with Crippen molar-refractivity contribution in [3.63, 3.8) is 0 Å². The highest BCUT2D eigenvalue weighted by Crippen LogP contribution is 2.21. The molecule has 6 nitrogen and oxygen atoms in total. The Bertz CT molecular complexity index is 875. The first-order valence-corrected chi connectivity index (χ1v) is 8.99. The number of aryl methyl sites for hydroxylation is 1. The third kappa shape index (κ3) is 4.16. The van der Waals surface area contributed by atoms with Gasteiger partial charge in [-0.2, -0.15) is 0 Å². The Kier molecular flexibility index (Phi) is 5.54. The maximum atomic E-state index is 12.6. The third-order valence-corrected chi connectivity index (χ3v) is 4.74. The molecule has 1 fully saturated rings. The Hall–Kier alpha value is -3.15. The zero-order valence-electron chi connectivity index (χ0n) is 15.5. The Morgan fingerprint density at radius 1 is 1.07 bits per heavy atom. The largest absolute Gasteiger partial charge is 0.355 e. The standard InChI is InChI=1S/C21H23N3O3/c1-14-5-3-6-17(19(14)21(27)22-2)23-20(26)16-10-8-15(9-11-16)13-24-12-4-7-18(24)25/h3,5-6,8-11H,4,7,12-13H2,1-2H3,(H,22,27)(H,23,26). The number of benzene rings is 2. The lowest BCUT2D eigenvalue weighted by Crippen LogP contribution is -2.24. The average Bonchev–Trinajstić information content (AvgIpc) is 3.06. The van der Waals surface area contributed by atoms with Gasteiger partial charge in [0.1, 0.15) is 0 Å². The van der Waals surface area contributed by atoms with Crippen molar-refractivity contribution in [3.05, 3.63) is 64.7 Å². The average molecular weight is 365 g/mol. The molecule has 2 aromatic rings. The first kappa shape index (κ1) is 18.6. The van der Waals surface area contributed by atoms with E-state index in [2.05, 4.69) is 10.6 Å². The SMILES string of the molecule is CNC(=O)c1c(C)cccc1NC(=O)c1ccc(CN2CCCC2=O)cc1. The molecule has 0 spiro atoms. The molecule has 0 saturated carbocycles. The predicted octanol–water partition coefficient (Wildman–Crippen LogP) is 2.73. The predicted molar refractivity (Wildman–Crippen MR) is 104 cm³/mol. The summed E-state index contributed by atoms with van der Waals surface area (Å²) in [7, 11) is 1.56. The molecular formula is C21H23N3O3. The Morgan fingerprint density at radius 2 is 1.81 bits per heavy atom. The van der Waals surface area contributed by atoms with Crippen molar-refractivity contribution in [2.24, 2.45) is 0 Å². The quantitative estimate of drug-likeness (QED) is 0.855. The minimum atomic E-state index is -0.283. The lowest BCUT2D eigenvalue weighted by Gasteiger charge is -2.16. The molecule has 6 heteroatoms. The van der Waals surface area contributed by atoms with E-state index in [1.165, 1.54) is 0 Å². The minimum absolute atomic E-state index is 0.179. The Labute approximate surface area is 158 Å². The molecule has 3 rings (SSSR count). The van der Waals surface area contributed by atoms with Gasteiger partial charge < -0.3 is 15.5 Å². The van der Waals surface area contributed by atoms with E-state index in [4.69, 9.17) is 0 Å². The number of nitrogens with one attached hydrogen (secondary N) is 2. The normalized spacial score (nSPS) is 13.6. The van der Waals surface area contributed by atoms with Crippen molar-refractivity contribution in [1.82, 2.24) is 10.2 Å². The number of hydrogen-bond acceptors (Lipinski definition) is 3. The van der Waals surface area contributed by atoms with Gasteiger partial charge in [-0.1, -0.05) is 24.3 Å². The minimum Gasteiger partial charge on any atom is -0.355 e. The summed E-state index contributed by atoms with van der Waals surface area (Å²) in [6, 6.07) is 12.5. The summed E-state index contributed by atoms with van der Waals surface area (Å²) in [5.74, 6) is -0.346. The number of rotatable bonds is 5.